The Morgan fingerprint density at radius 2 is 1.69 bits per heavy atom. The maximum atomic E-state index is 12.3. The van der Waals surface area contributed by atoms with Crippen molar-refractivity contribution in [2.75, 3.05) is 0 Å². The van der Waals surface area contributed by atoms with Gasteiger partial charge in [0.15, 0.2) is 0 Å². The second-order valence-electron chi connectivity index (χ2n) is 7.76. The molecule has 0 aliphatic rings. The third-order valence-corrected chi connectivity index (χ3v) is 5.32. The van der Waals surface area contributed by atoms with E-state index in [0.717, 1.165) is 35.9 Å². The minimum Gasteiger partial charge on any atom is -0.406 e. The highest BCUT2D eigenvalue weighted by atomic mass is 19.4. The van der Waals surface area contributed by atoms with Crippen molar-refractivity contribution in [3.05, 3.63) is 94.3 Å². The fourth-order valence-corrected chi connectivity index (χ4v) is 3.54. The maximum absolute atomic E-state index is 12.3. The first-order chi connectivity index (χ1) is 15.2. The number of aryl methyl sites for hydroxylation is 3. The highest BCUT2D eigenvalue weighted by Crippen LogP contribution is 2.24. The first-order valence-corrected chi connectivity index (χ1v) is 10.3. The minimum atomic E-state index is -4.73. The van der Waals surface area contributed by atoms with E-state index in [-0.39, 0.29) is 12.3 Å². The van der Waals surface area contributed by atoms with E-state index < -0.39 is 6.36 Å². The summed E-state index contributed by atoms with van der Waals surface area (Å²) in [7, 11) is 0. The number of nitrogens with zero attached hydrogens (tertiary/aromatic N) is 2. The van der Waals surface area contributed by atoms with Crippen LogP contribution in [0, 0.1) is 13.8 Å². The Kier molecular flexibility index (Phi) is 7.51. The number of hydrogen-bond acceptors (Lipinski definition) is 3. The molecule has 0 N–H and O–H groups in total. The largest absolute Gasteiger partial charge is 0.573 e. The number of halogens is 3. The SMILES string of the molecule is Cc1cc(CCc2cccnc2)cc(CN(C=O)Cc2ccc(OC(F)(F)F)cc2)c1C. The molecule has 3 rings (SSSR count). The average Bonchev–Trinajstić information content (AvgIpc) is 2.76. The lowest BCUT2D eigenvalue weighted by atomic mass is 9.96. The minimum absolute atomic E-state index is 0.285. The predicted octanol–water partition coefficient (Wildman–Crippen LogP) is 5.54. The number of carbonyl (C=O) groups excluding carboxylic acids is 1. The van der Waals surface area contributed by atoms with Gasteiger partial charge in [0.2, 0.25) is 6.41 Å². The molecule has 0 saturated carbocycles. The molecule has 3 aromatic rings. The number of hydrogen-bond donors (Lipinski definition) is 0. The van der Waals surface area contributed by atoms with Gasteiger partial charge in [-0.05, 0) is 78.3 Å². The van der Waals surface area contributed by atoms with Gasteiger partial charge in [-0.1, -0.05) is 30.3 Å². The number of aromatic nitrogens is 1. The molecule has 32 heavy (non-hydrogen) atoms. The van der Waals surface area contributed by atoms with E-state index in [9.17, 15) is 18.0 Å². The van der Waals surface area contributed by atoms with E-state index in [1.807, 2.05) is 25.3 Å². The molecular weight excluding hydrogens is 417 g/mol. The fraction of sp³-hybridized carbons (Fsp3) is 0.280. The number of pyridine rings is 1. The number of alkyl halides is 3. The Labute approximate surface area is 185 Å². The van der Waals surface area contributed by atoms with E-state index in [2.05, 4.69) is 28.8 Å². The second-order valence-corrected chi connectivity index (χ2v) is 7.76. The molecule has 1 amide bonds. The third kappa shape index (κ3) is 6.83. The van der Waals surface area contributed by atoms with Crippen molar-refractivity contribution in [3.8, 4) is 5.75 Å². The molecule has 0 aliphatic carbocycles. The van der Waals surface area contributed by atoms with Crippen molar-refractivity contribution in [1.29, 1.82) is 0 Å². The zero-order chi connectivity index (χ0) is 23.1. The summed E-state index contributed by atoms with van der Waals surface area (Å²) in [5.41, 5.74) is 6.40. The normalized spacial score (nSPS) is 11.3. The lowest BCUT2D eigenvalue weighted by molar-refractivity contribution is -0.274. The number of benzene rings is 2. The van der Waals surface area contributed by atoms with E-state index in [4.69, 9.17) is 0 Å². The molecule has 0 spiro atoms. The quantitative estimate of drug-likeness (QED) is 0.409. The van der Waals surface area contributed by atoms with Gasteiger partial charge in [-0.3, -0.25) is 9.78 Å². The number of ether oxygens (including phenoxy) is 1. The average molecular weight is 442 g/mol. The van der Waals surface area contributed by atoms with Gasteiger partial charge in [0.25, 0.3) is 0 Å². The summed E-state index contributed by atoms with van der Waals surface area (Å²) in [5, 5.41) is 0. The smallest absolute Gasteiger partial charge is 0.406 e. The van der Waals surface area contributed by atoms with Crippen LogP contribution in [0.25, 0.3) is 0 Å². The molecule has 7 heteroatoms. The summed E-state index contributed by atoms with van der Waals surface area (Å²) in [5.74, 6) is -0.285. The van der Waals surface area contributed by atoms with Crippen molar-refractivity contribution in [3.63, 3.8) is 0 Å². The van der Waals surface area contributed by atoms with Crippen LogP contribution in [-0.4, -0.2) is 22.7 Å². The van der Waals surface area contributed by atoms with Gasteiger partial charge in [0.1, 0.15) is 5.75 Å². The summed E-state index contributed by atoms with van der Waals surface area (Å²) in [4.78, 5) is 17.5. The number of amides is 1. The van der Waals surface area contributed by atoms with Gasteiger partial charge in [-0.15, -0.1) is 13.2 Å². The topological polar surface area (TPSA) is 42.4 Å². The summed E-state index contributed by atoms with van der Waals surface area (Å²) < 4.78 is 40.9. The Morgan fingerprint density at radius 3 is 2.31 bits per heavy atom. The van der Waals surface area contributed by atoms with Gasteiger partial charge >= 0.3 is 6.36 Å². The maximum Gasteiger partial charge on any atom is 0.573 e. The van der Waals surface area contributed by atoms with Gasteiger partial charge in [-0.2, -0.15) is 0 Å². The number of carbonyl (C=O) groups is 1. The number of rotatable bonds is 9. The zero-order valence-corrected chi connectivity index (χ0v) is 18.0. The van der Waals surface area contributed by atoms with Gasteiger partial charge in [-0.25, -0.2) is 0 Å². The molecule has 0 aliphatic heterocycles. The van der Waals surface area contributed by atoms with Crippen molar-refractivity contribution in [1.82, 2.24) is 9.88 Å². The second kappa shape index (κ2) is 10.3. The Balaban J connectivity index is 1.68. The molecule has 1 aromatic heterocycles. The van der Waals surface area contributed by atoms with Crippen molar-refractivity contribution in [2.24, 2.45) is 0 Å². The molecule has 0 atom stereocenters. The summed E-state index contributed by atoms with van der Waals surface area (Å²) in [6.45, 7) is 4.78. The van der Waals surface area contributed by atoms with Crippen LogP contribution in [0.1, 0.15) is 33.4 Å². The third-order valence-electron chi connectivity index (χ3n) is 5.32. The summed E-state index contributed by atoms with van der Waals surface area (Å²) in [6.07, 6.45) is 1.38. The van der Waals surface area contributed by atoms with Crippen LogP contribution in [0.2, 0.25) is 0 Å². The van der Waals surface area contributed by atoms with E-state index in [1.54, 1.807) is 11.1 Å². The van der Waals surface area contributed by atoms with Crippen molar-refractivity contribution < 1.29 is 22.7 Å². The fourth-order valence-electron chi connectivity index (χ4n) is 3.54. The van der Waals surface area contributed by atoms with E-state index in [1.165, 1.54) is 35.4 Å². The molecular formula is C25H25F3N2O2. The first-order valence-electron chi connectivity index (χ1n) is 10.3. The van der Waals surface area contributed by atoms with Crippen LogP contribution in [0.4, 0.5) is 13.2 Å². The summed E-state index contributed by atoms with van der Waals surface area (Å²) >= 11 is 0. The van der Waals surface area contributed by atoms with E-state index >= 15 is 0 Å². The van der Waals surface area contributed by atoms with Crippen LogP contribution in [0.15, 0.2) is 60.9 Å². The molecule has 2 aromatic carbocycles. The standard InChI is InChI=1S/C25H25F3N2O2/c1-18-12-22(6-5-20-4-3-11-29-14-20)13-23(19(18)2)16-30(17-31)15-21-7-9-24(10-8-21)32-25(26,27)28/h3-4,7-14,17H,5-6,15-16H2,1-2H3. The van der Waals surface area contributed by atoms with Crippen LogP contribution >= 0.6 is 0 Å². The molecule has 4 nitrogen and oxygen atoms in total. The van der Waals surface area contributed by atoms with Gasteiger partial charge < -0.3 is 9.64 Å². The Bertz CT molecular complexity index is 1040. The highest BCUT2D eigenvalue weighted by molar-refractivity contribution is 5.49. The molecule has 0 unspecified atom stereocenters. The highest BCUT2D eigenvalue weighted by Gasteiger charge is 2.30. The van der Waals surface area contributed by atoms with Crippen LogP contribution in [-0.2, 0) is 30.7 Å². The predicted molar refractivity (Wildman–Crippen MR) is 116 cm³/mol. The monoisotopic (exact) mass is 442 g/mol. The molecule has 168 valence electrons. The van der Waals surface area contributed by atoms with Crippen LogP contribution in [0.5, 0.6) is 5.75 Å². The van der Waals surface area contributed by atoms with E-state index in [0.29, 0.717) is 12.1 Å². The molecule has 0 fully saturated rings. The van der Waals surface area contributed by atoms with Crippen molar-refractivity contribution >= 4 is 6.41 Å². The zero-order valence-electron chi connectivity index (χ0n) is 18.0. The first kappa shape index (κ1) is 23.3. The molecule has 0 saturated heterocycles. The molecule has 0 bridgehead atoms. The summed E-state index contributed by atoms with van der Waals surface area (Å²) in [6, 6.07) is 13.8. The van der Waals surface area contributed by atoms with Gasteiger partial charge in [0.05, 0.1) is 0 Å². The van der Waals surface area contributed by atoms with Gasteiger partial charge in [0, 0.05) is 25.5 Å². The Morgan fingerprint density at radius 1 is 0.969 bits per heavy atom. The molecule has 1 heterocycles. The lowest BCUT2D eigenvalue weighted by Gasteiger charge is -2.21. The van der Waals surface area contributed by atoms with Crippen molar-refractivity contribution in [2.45, 2.75) is 46.1 Å². The molecule has 0 radical (unpaired) electrons. The van der Waals surface area contributed by atoms with Crippen LogP contribution < -0.4 is 4.74 Å². The Hall–Kier alpha value is -3.35. The van der Waals surface area contributed by atoms with Crippen LogP contribution in [0.3, 0.4) is 0 Å². The lowest BCUT2D eigenvalue weighted by Crippen LogP contribution is -2.22.